The topological polar surface area (TPSA) is 64.6 Å². The number of rotatable bonds is 7. The van der Waals surface area contributed by atoms with E-state index in [0.29, 0.717) is 17.9 Å². The van der Waals surface area contributed by atoms with Crippen molar-refractivity contribution >= 4 is 22.6 Å². The second-order valence-electron chi connectivity index (χ2n) is 5.94. The molecule has 0 saturated carbocycles. The van der Waals surface area contributed by atoms with Gasteiger partial charge in [0.1, 0.15) is 18.9 Å². The summed E-state index contributed by atoms with van der Waals surface area (Å²) in [5.74, 6) is -0.120. The fourth-order valence-corrected chi connectivity index (χ4v) is 2.75. The number of benzene rings is 3. The van der Waals surface area contributed by atoms with E-state index in [-0.39, 0.29) is 19.1 Å². The molecule has 3 aromatic rings. The van der Waals surface area contributed by atoms with Crippen LogP contribution >= 0.6 is 0 Å². The molecule has 0 aromatic heterocycles. The van der Waals surface area contributed by atoms with Gasteiger partial charge in [-0.3, -0.25) is 9.59 Å². The maximum Gasteiger partial charge on any atom is 0.325 e. The van der Waals surface area contributed by atoms with Crippen LogP contribution in [-0.4, -0.2) is 25.0 Å². The Morgan fingerprint density at radius 2 is 1.67 bits per heavy atom. The minimum atomic E-state index is -0.484. The van der Waals surface area contributed by atoms with Crippen molar-refractivity contribution in [2.24, 2.45) is 0 Å². The lowest BCUT2D eigenvalue weighted by atomic mass is 10.1. The van der Waals surface area contributed by atoms with Gasteiger partial charge in [-0.15, -0.1) is 0 Å². The van der Waals surface area contributed by atoms with Crippen molar-refractivity contribution in [3.63, 3.8) is 0 Å². The monoisotopic (exact) mass is 363 g/mol. The number of hydrogen-bond donors (Lipinski definition) is 1. The summed E-state index contributed by atoms with van der Waals surface area (Å²) in [6.45, 7) is 2.44. The first-order valence-corrected chi connectivity index (χ1v) is 8.80. The first kappa shape index (κ1) is 18.5. The molecule has 0 unspecified atom stereocenters. The Hall–Kier alpha value is -3.34. The van der Waals surface area contributed by atoms with Gasteiger partial charge in [0, 0.05) is 5.56 Å². The number of amides is 1. The lowest BCUT2D eigenvalue weighted by molar-refractivity contribution is -0.143. The van der Waals surface area contributed by atoms with E-state index >= 15 is 0 Å². The summed E-state index contributed by atoms with van der Waals surface area (Å²) >= 11 is 0. The van der Waals surface area contributed by atoms with Gasteiger partial charge in [0.2, 0.25) is 0 Å². The van der Waals surface area contributed by atoms with Crippen molar-refractivity contribution in [3.05, 3.63) is 77.9 Å². The van der Waals surface area contributed by atoms with E-state index in [4.69, 9.17) is 9.47 Å². The SMILES string of the molecule is CCOc1ccc(C(=O)NCC(=O)OCc2cccc3ccccc23)cc1. The number of hydrogen-bond acceptors (Lipinski definition) is 4. The van der Waals surface area contributed by atoms with Gasteiger partial charge in [0.25, 0.3) is 5.91 Å². The molecule has 5 nitrogen and oxygen atoms in total. The molecule has 0 aliphatic heterocycles. The minimum absolute atomic E-state index is 0.166. The molecule has 0 bridgehead atoms. The quantitative estimate of drug-likeness (QED) is 0.650. The van der Waals surface area contributed by atoms with E-state index in [1.54, 1.807) is 24.3 Å². The standard InChI is InChI=1S/C22H21NO4/c1-2-26-19-12-10-17(11-13-19)22(25)23-14-21(24)27-15-18-8-5-7-16-6-3-4-9-20(16)18/h3-13H,2,14-15H2,1H3,(H,23,25). The smallest absolute Gasteiger partial charge is 0.325 e. The molecule has 0 spiro atoms. The van der Waals surface area contributed by atoms with Gasteiger partial charge in [-0.1, -0.05) is 42.5 Å². The van der Waals surface area contributed by atoms with Crippen molar-refractivity contribution in [1.29, 1.82) is 0 Å². The Bertz CT molecular complexity index is 929. The molecule has 3 aromatic carbocycles. The van der Waals surface area contributed by atoms with Gasteiger partial charge in [-0.2, -0.15) is 0 Å². The highest BCUT2D eigenvalue weighted by Crippen LogP contribution is 2.19. The molecular weight excluding hydrogens is 342 g/mol. The van der Waals surface area contributed by atoms with E-state index in [9.17, 15) is 9.59 Å². The third kappa shape index (κ3) is 4.85. The molecule has 5 heteroatoms. The molecule has 0 fully saturated rings. The zero-order valence-electron chi connectivity index (χ0n) is 15.1. The molecular formula is C22H21NO4. The van der Waals surface area contributed by atoms with Crippen LogP contribution in [0, 0.1) is 0 Å². The molecule has 0 aliphatic rings. The van der Waals surface area contributed by atoms with Crippen LogP contribution in [0.1, 0.15) is 22.8 Å². The fourth-order valence-electron chi connectivity index (χ4n) is 2.75. The molecule has 0 radical (unpaired) electrons. The Kier molecular flexibility index (Phi) is 6.05. The Balaban J connectivity index is 1.51. The highest BCUT2D eigenvalue weighted by atomic mass is 16.5. The van der Waals surface area contributed by atoms with Crippen LogP contribution in [0.15, 0.2) is 66.7 Å². The number of esters is 1. The zero-order chi connectivity index (χ0) is 19.1. The highest BCUT2D eigenvalue weighted by molar-refractivity contribution is 5.96. The molecule has 0 heterocycles. The molecule has 138 valence electrons. The average molecular weight is 363 g/mol. The van der Waals surface area contributed by atoms with Crippen LogP contribution in [0.4, 0.5) is 0 Å². The van der Waals surface area contributed by atoms with Gasteiger partial charge >= 0.3 is 5.97 Å². The molecule has 1 amide bonds. The number of carbonyl (C=O) groups is 2. The van der Waals surface area contributed by atoms with Crippen LogP contribution < -0.4 is 10.1 Å². The zero-order valence-corrected chi connectivity index (χ0v) is 15.1. The number of fused-ring (bicyclic) bond motifs is 1. The van der Waals surface area contributed by atoms with Crippen LogP contribution in [-0.2, 0) is 16.1 Å². The van der Waals surface area contributed by atoms with Crippen LogP contribution in [0.5, 0.6) is 5.75 Å². The van der Waals surface area contributed by atoms with Crippen molar-refractivity contribution in [1.82, 2.24) is 5.32 Å². The first-order valence-electron chi connectivity index (χ1n) is 8.80. The molecule has 0 aliphatic carbocycles. The van der Waals surface area contributed by atoms with Crippen LogP contribution in [0.2, 0.25) is 0 Å². The van der Waals surface area contributed by atoms with Crippen molar-refractivity contribution in [2.45, 2.75) is 13.5 Å². The van der Waals surface area contributed by atoms with E-state index in [2.05, 4.69) is 5.32 Å². The number of nitrogens with one attached hydrogen (secondary N) is 1. The van der Waals surface area contributed by atoms with Crippen LogP contribution in [0.3, 0.4) is 0 Å². The normalized spacial score (nSPS) is 10.4. The average Bonchev–Trinajstić information content (AvgIpc) is 2.71. The summed E-state index contributed by atoms with van der Waals surface area (Å²) in [5.41, 5.74) is 1.39. The number of ether oxygens (including phenoxy) is 2. The summed E-state index contributed by atoms with van der Waals surface area (Å²) in [6, 6.07) is 20.5. The minimum Gasteiger partial charge on any atom is -0.494 e. The molecule has 27 heavy (non-hydrogen) atoms. The molecule has 1 N–H and O–H groups in total. The maximum absolute atomic E-state index is 12.1. The Labute approximate surface area is 157 Å². The van der Waals surface area contributed by atoms with Crippen molar-refractivity contribution < 1.29 is 19.1 Å². The summed E-state index contributed by atoms with van der Waals surface area (Å²) in [6.07, 6.45) is 0. The van der Waals surface area contributed by atoms with Gasteiger partial charge in [0.15, 0.2) is 0 Å². The van der Waals surface area contributed by atoms with E-state index in [0.717, 1.165) is 16.3 Å². The predicted octanol–water partition coefficient (Wildman–Crippen LogP) is 3.71. The third-order valence-electron chi connectivity index (χ3n) is 4.09. The molecule has 3 rings (SSSR count). The van der Waals surface area contributed by atoms with E-state index in [1.807, 2.05) is 49.4 Å². The van der Waals surface area contributed by atoms with Gasteiger partial charge < -0.3 is 14.8 Å². The maximum atomic E-state index is 12.1. The summed E-state index contributed by atoms with van der Waals surface area (Å²) in [7, 11) is 0. The van der Waals surface area contributed by atoms with Crippen molar-refractivity contribution in [3.8, 4) is 5.75 Å². The summed E-state index contributed by atoms with van der Waals surface area (Å²) < 4.78 is 10.6. The molecule has 0 atom stereocenters. The van der Waals surface area contributed by atoms with Gasteiger partial charge in [0.05, 0.1) is 6.61 Å². The second kappa shape index (κ2) is 8.85. The summed E-state index contributed by atoms with van der Waals surface area (Å²) in [5, 5.41) is 4.71. The van der Waals surface area contributed by atoms with Crippen molar-refractivity contribution in [2.75, 3.05) is 13.2 Å². The largest absolute Gasteiger partial charge is 0.494 e. The Morgan fingerprint density at radius 1 is 0.926 bits per heavy atom. The first-order chi connectivity index (χ1) is 13.2. The van der Waals surface area contributed by atoms with Gasteiger partial charge in [-0.05, 0) is 47.5 Å². The van der Waals surface area contributed by atoms with E-state index in [1.165, 1.54) is 0 Å². The summed E-state index contributed by atoms with van der Waals surface area (Å²) in [4.78, 5) is 24.1. The third-order valence-corrected chi connectivity index (χ3v) is 4.09. The van der Waals surface area contributed by atoms with Crippen LogP contribution in [0.25, 0.3) is 10.8 Å². The molecule has 0 saturated heterocycles. The lowest BCUT2D eigenvalue weighted by Gasteiger charge is -2.09. The van der Waals surface area contributed by atoms with Gasteiger partial charge in [-0.25, -0.2) is 0 Å². The lowest BCUT2D eigenvalue weighted by Crippen LogP contribution is -2.30. The highest BCUT2D eigenvalue weighted by Gasteiger charge is 2.10. The second-order valence-corrected chi connectivity index (χ2v) is 5.94. The van der Waals surface area contributed by atoms with E-state index < -0.39 is 5.97 Å². The number of carbonyl (C=O) groups excluding carboxylic acids is 2. The predicted molar refractivity (Wildman–Crippen MR) is 104 cm³/mol. The Morgan fingerprint density at radius 3 is 2.44 bits per heavy atom. The fraction of sp³-hybridized carbons (Fsp3) is 0.182.